The number of fused-ring (bicyclic) bond motifs is 1. The number of imide groups is 1. The standard InChI is InChI=1S/C26H20ClNO5/c1-3-16-8-10-17(11-9-16)23(29)15(2)33-26(32)18-12-13-19-20(14-18)25(31)28(24(19)30)22-7-5-4-6-21(22)27/h4-15H,3H2,1-2H3. The van der Waals surface area contributed by atoms with E-state index in [0.29, 0.717) is 5.56 Å². The number of amides is 2. The van der Waals surface area contributed by atoms with Gasteiger partial charge < -0.3 is 4.74 Å². The molecule has 1 heterocycles. The summed E-state index contributed by atoms with van der Waals surface area (Å²) in [6.07, 6.45) is -0.165. The first kappa shape index (κ1) is 22.4. The highest BCUT2D eigenvalue weighted by Crippen LogP contribution is 2.33. The molecule has 3 aromatic rings. The number of rotatable bonds is 6. The normalized spacial score (nSPS) is 13.6. The van der Waals surface area contributed by atoms with Gasteiger partial charge >= 0.3 is 5.97 Å². The highest BCUT2D eigenvalue weighted by Gasteiger charge is 2.38. The molecule has 0 spiro atoms. The van der Waals surface area contributed by atoms with Crippen molar-refractivity contribution in [3.63, 3.8) is 0 Å². The van der Waals surface area contributed by atoms with Crippen molar-refractivity contribution in [2.75, 3.05) is 4.90 Å². The molecular weight excluding hydrogens is 442 g/mol. The number of aryl methyl sites for hydroxylation is 1. The molecule has 1 aliphatic heterocycles. The van der Waals surface area contributed by atoms with Crippen molar-refractivity contribution in [3.05, 3.63) is 99.6 Å². The van der Waals surface area contributed by atoms with E-state index in [9.17, 15) is 19.2 Å². The summed E-state index contributed by atoms with van der Waals surface area (Å²) in [6.45, 7) is 3.51. The third-order valence-electron chi connectivity index (χ3n) is 5.52. The molecule has 1 aliphatic rings. The molecule has 1 atom stereocenters. The number of benzene rings is 3. The Labute approximate surface area is 195 Å². The maximum Gasteiger partial charge on any atom is 0.338 e. The van der Waals surface area contributed by atoms with Gasteiger partial charge in [-0.2, -0.15) is 0 Å². The average Bonchev–Trinajstić information content (AvgIpc) is 3.08. The monoisotopic (exact) mass is 461 g/mol. The summed E-state index contributed by atoms with van der Waals surface area (Å²) in [6, 6.07) is 17.7. The molecule has 0 saturated heterocycles. The Kier molecular flexibility index (Phi) is 6.11. The first-order valence-electron chi connectivity index (χ1n) is 10.4. The average molecular weight is 462 g/mol. The van der Waals surface area contributed by atoms with Crippen molar-refractivity contribution in [1.82, 2.24) is 0 Å². The number of ketones is 1. The van der Waals surface area contributed by atoms with Crippen LogP contribution >= 0.6 is 11.6 Å². The fourth-order valence-electron chi connectivity index (χ4n) is 3.64. The molecule has 166 valence electrons. The summed E-state index contributed by atoms with van der Waals surface area (Å²) in [5.74, 6) is -2.21. The van der Waals surface area contributed by atoms with Crippen molar-refractivity contribution < 1.29 is 23.9 Å². The molecule has 4 rings (SSSR count). The minimum atomic E-state index is -1.02. The van der Waals surface area contributed by atoms with Gasteiger partial charge in [-0.3, -0.25) is 14.4 Å². The summed E-state index contributed by atoms with van der Waals surface area (Å²) < 4.78 is 5.34. The minimum absolute atomic E-state index is 0.0666. The smallest absolute Gasteiger partial charge is 0.338 e. The van der Waals surface area contributed by atoms with Gasteiger partial charge in [-0.05, 0) is 49.2 Å². The number of hydrogen-bond donors (Lipinski definition) is 0. The number of Topliss-reactive ketones (excluding diaryl/α,β-unsaturated/α-hetero) is 1. The quantitative estimate of drug-likeness (QED) is 0.289. The molecule has 33 heavy (non-hydrogen) atoms. The Morgan fingerprint density at radius 1 is 0.909 bits per heavy atom. The lowest BCUT2D eigenvalue weighted by Crippen LogP contribution is -2.29. The number of para-hydroxylation sites is 1. The maximum absolute atomic E-state index is 12.9. The van der Waals surface area contributed by atoms with Crippen LogP contribution in [0.3, 0.4) is 0 Å². The Hall–Kier alpha value is -3.77. The Morgan fingerprint density at radius 3 is 2.21 bits per heavy atom. The molecule has 0 radical (unpaired) electrons. The molecule has 3 aromatic carbocycles. The Balaban J connectivity index is 1.53. The fraction of sp³-hybridized carbons (Fsp3) is 0.154. The number of carbonyl (C=O) groups is 4. The zero-order valence-corrected chi connectivity index (χ0v) is 18.8. The Morgan fingerprint density at radius 2 is 1.55 bits per heavy atom. The van der Waals surface area contributed by atoms with Crippen molar-refractivity contribution in [2.24, 2.45) is 0 Å². The summed E-state index contributed by atoms with van der Waals surface area (Å²) in [5.41, 5.74) is 2.11. The lowest BCUT2D eigenvalue weighted by Gasteiger charge is -2.15. The van der Waals surface area contributed by atoms with Crippen molar-refractivity contribution in [3.8, 4) is 0 Å². The first-order chi connectivity index (χ1) is 15.8. The van der Waals surface area contributed by atoms with Gasteiger partial charge in [-0.15, -0.1) is 0 Å². The molecule has 0 aliphatic carbocycles. The predicted octanol–water partition coefficient (Wildman–Crippen LogP) is 5.13. The van der Waals surface area contributed by atoms with Crippen LogP contribution in [0.4, 0.5) is 5.69 Å². The SMILES string of the molecule is CCc1ccc(C(=O)C(C)OC(=O)c2ccc3c(c2)C(=O)N(c2ccccc2Cl)C3=O)cc1. The summed E-state index contributed by atoms with van der Waals surface area (Å²) in [4.78, 5) is 52.0. The van der Waals surface area contributed by atoms with E-state index >= 15 is 0 Å². The van der Waals surface area contributed by atoms with E-state index in [4.69, 9.17) is 16.3 Å². The second kappa shape index (κ2) is 9.00. The Bertz CT molecular complexity index is 1280. The van der Waals surface area contributed by atoms with Crippen LogP contribution in [0.25, 0.3) is 0 Å². The zero-order chi connectivity index (χ0) is 23.7. The van der Waals surface area contributed by atoms with Gasteiger partial charge in [0.15, 0.2) is 6.10 Å². The number of nitrogens with zero attached hydrogens (tertiary/aromatic N) is 1. The number of carbonyl (C=O) groups excluding carboxylic acids is 4. The van der Waals surface area contributed by atoms with Crippen molar-refractivity contribution in [2.45, 2.75) is 26.4 Å². The lowest BCUT2D eigenvalue weighted by atomic mass is 10.0. The fourth-order valence-corrected chi connectivity index (χ4v) is 3.86. The predicted molar refractivity (Wildman–Crippen MR) is 124 cm³/mol. The van der Waals surface area contributed by atoms with Crippen LogP contribution < -0.4 is 4.90 Å². The first-order valence-corrected chi connectivity index (χ1v) is 10.8. The van der Waals surface area contributed by atoms with E-state index in [1.807, 2.05) is 19.1 Å². The number of anilines is 1. The maximum atomic E-state index is 12.9. The van der Waals surface area contributed by atoms with E-state index in [2.05, 4.69) is 0 Å². The third-order valence-corrected chi connectivity index (χ3v) is 5.83. The summed E-state index contributed by atoms with van der Waals surface area (Å²) in [7, 11) is 0. The molecule has 0 saturated carbocycles. The number of ether oxygens (including phenoxy) is 1. The van der Waals surface area contributed by atoms with Gasteiger partial charge in [0.2, 0.25) is 5.78 Å². The van der Waals surface area contributed by atoms with E-state index in [1.165, 1.54) is 25.1 Å². The minimum Gasteiger partial charge on any atom is -0.451 e. The third kappa shape index (κ3) is 4.17. The zero-order valence-electron chi connectivity index (χ0n) is 18.0. The molecule has 6 nitrogen and oxygen atoms in total. The van der Waals surface area contributed by atoms with Crippen LogP contribution in [-0.2, 0) is 11.2 Å². The molecular formula is C26H20ClNO5. The molecule has 0 N–H and O–H groups in total. The van der Waals surface area contributed by atoms with Crippen LogP contribution in [0, 0.1) is 0 Å². The van der Waals surface area contributed by atoms with Crippen LogP contribution in [0.5, 0.6) is 0 Å². The molecule has 0 aromatic heterocycles. The molecule has 0 bridgehead atoms. The molecule has 7 heteroatoms. The topological polar surface area (TPSA) is 80.8 Å². The second-order valence-electron chi connectivity index (χ2n) is 7.62. The van der Waals surface area contributed by atoms with Crippen LogP contribution in [0.2, 0.25) is 5.02 Å². The summed E-state index contributed by atoms with van der Waals surface area (Å²) in [5, 5.41) is 0.256. The van der Waals surface area contributed by atoms with Crippen molar-refractivity contribution in [1.29, 1.82) is 0 Å². The van der Waals surface area contributed by atoms with Crippen LogP contribution in [0.15, 0.2) is 66.7 Å². The van der Waals surface area contributed by atoms with Crippen molar-refractivity contribution >= 4 is 40.9 Å². The highest BCUT2D eigenvalue weighted by atomic mass is 35.5. The van der Waals surface area contributed by atoms with Gasteiger partial charge in [0.1, 0.15) is 0 Å². The highest BCUT2D eigenvalue weighted by molar-refractivity contribution is 6.39. The molecule has 1 unspecified atom stereocenters. The van der Waals surface area contributed by atoms with E-state index in [1.54, 1.807) is 36.4 Å². The number of hydrogen-bond acceptors (Lipinski definition) is 5. The summed E-state index contributed by atoms with van der Waals surface area (Å²) >= 11 is 6.16. The van der Waals surface area contributed by atoms with Crippen LogP contribution in [-0.4, -0.2) is 29.7 Å². The van der Waals surface area contributed by atoms with Gasteiger partial charge in [0, 0.05) is 5.56 Å². The lowest BCUT2D eigenvalue weighted by molar-refractivity contribution is 0.0318. The van der Waals surface area contributed by atoms with E-state index in [-0.39, 0.29) is 33.2 Å². The number of esters is 1. The van der Waals surface area contributed by atoms with Gasteiger partial charge in [-0.25, -0.2) is 9.69 Å². The largest absolute Gasteiger partial charge is 0.451 e. The van der Waals surface area contributed by atoms with Gasteiger partial charge in [-0.1, -0.05) is 54.9 Å². The second-order valence-corrected chi connectivity index (χ2v) is 8.03. The molecule has 2 amide bonds. The number of halogens is 1. The van der Waals surface area contributed by atoms with Crippen LogP contribution in [0.1, 0.15) is 60.8 Å². The van der Waals surface area contributed by atoms with Gasteiger partial charge in [0.25, 0.3) is 11.8 Å². The molecule has 0 fully saturated rings. The van der Waals surface area contributed by atoms with E-state index in [0.717, 1.165) is 16.9 Å². The van der Waals surface area contributed by atoms with Gasteiger partial charge in [0.05, 0.1) is 27.4 Å². The van der Waals surface area contributed by atoms with E-state index < -0.39 is 23.9 Å².